The van der Waals surface area contributed by atoms with E-state index in [9.17, 15) is 13.6 Å². The van der Waals surface area contributed by atoms with Gasteiger partial charge in [-0.15, -0.1) is 0 Å². The Bertz CT molecular complexity index is 1630. The van der Waals surface area contributed by atoms with Gasteiger partial charge in [-0.05, 0) is 30.6 Å². The van der Waals surface area contributed by atoms with Gasteiger partial charge in [-0.2, -0.15) is 5.10 Å². The average molecular weight is 531 g/mol. The molecule has 4 heterocycles. The van der Waals surface area contributed by atoms with E-state index in [-0.39, 0.29) is 35.0 Å². The van der Waals surface area contributed by atoms with Crippen molar-refractivity contribution in [1.29, 1.82) is 0 Å². The van der Waals surface area contributed by atoms with E-state index in [1.54, 1.807) is 28.0 Å². The van der Waals surface area contributed by atoms with Gasteiger partial charge in [0.05, 0.1) is 36.9 Å². The van der Waals surface area contributed by atoms with Crippen LogP contribution in [0.4, 0.5) is 14.6 Å². The predicted molar refractivity (Wildman–Crippen MR) is 141 cm³/mol. The lowest BCUT2D eigenvalue weighted by molar-refractivity contribution is -0.125. The minimum atomic E-state index is -0.971. The fourth-order valence-corrected chi connectivity index (χ4v) is 4.64. The number of rotatable bonds is 5. The first-order valence-electron chi connectivity index (χ1n) is 12.0. The van der Waals surface area contributed by atoms with Crippen molar-refractivity contribution in [3.63, 3.8) is 0 Å². The number of benzene rings is 1. The Morgan fingerprint density at radius 3 is 2.56 bits per heavy atom. The molecule has 9 nitrogen and oxygen atoms in total. The maximum atomic E-state index is 15.0. The summed E-state index contributed by atoms with van der Waals surface area (Å²) in [5.41, 5.74) is 7.82. The van der Waals surface area contributed by atoms with E-state index in [1.807, 2.05) is 12.1 Å². The van der Waals surface area contributed by atoms with Crippen LogP contribution in [0.1, 0.15) is 23.7 Å². The number of ether oxygens (including phenoxy) is 2. The molecule has 0 radical (unpaired) electrons. The molecule has 1 unspecified atom stereocenters. The summed E-state index contributed by atoms with van der Waals surface area (Å²) in [5.74, 6) is 2.92. The van der Waals surface area contributed by atoms with Gasteiger partial charge in [0, 0.05) is 37.1 Å². The van der Waals surface area contributed by atoms with Crippen molar-refractivity contribution in [3.05, 3.63) is 72.2 Å². The average Bonchev–Trinajstić information content (AvgIpc) is 3.59. The molecule has 11 heteroatoms. The van der Waals surface area contributed by atoms with Crippen LogP contribution in [0.5, 0.6) is 11.5 Å². The van der Waals surface area contributed by atoms with Gasteiger partial charge in [0.25, 0.3) is 0 Å². The third-order valence-corrected chi connectivity index (χ3v) is 6.57. The number of amides is 1. The number of anilines is 1. The molecule has 198 valence electrons. The SMILES string of the molecule is C=CC(=O)N1CCC(n2nc(C#Cc3c(F)c(OC)cc(OC)c3F)c3c(N)ncc(-c4ccccn4)c32)C1. The van der Waals surface area contributed by atoms with E-state index in [1.165, 1.54) is 20.3 Å². The molecule has 1 saturated heterocycles. The van der Waals surface area contributed by atoms with Crippen molar-refractivity contribution < 1.29 is 23.0 Å². The number of fused-ring (bicyclic) bond motifs is 1. The van der Waals surface area contributed by atoms with Crippen molar-refractivity contribution in [2.45, 2.75) is 12.5 Å². The van der Waals surface area contributed by atoms with Crippen molar-refractivity contribution in [2.75, 3.05) is 33.0 Å². The molecule has 1 aliphatic heterocycles. The second kappa shape index (κ2) is 10.4. The predicted octanol–water partition coefficient (Wildman–Crippen LogP) is 3.73. The number of hydrogen-bond acceptors (Lipinski definition) is 7. The molecule has 39 heavy (non-hydrogen) atoms. The molecular formula is C28H24F2N6O3. The zero-order valence-corrected chi connectivity index (χ0v) is 21.2. The molecule has 1 amide bonds. The maximum absolute atomic E-state index is 15.0. The molecule has 0 bridgehead atoms. The number of halogens is 2. The van der Waals surface area contributed by atoms with Gasteiger partial charge in [0.1, 0.15) is 17.1 Å². The first-order chi connectivity index (χ1) is 18.9. The minimum Gasteiger partial charge on any atom is -0.493 e. The number of pyridine rings is 2. The van der Waals surface area contributed by atoms with Crippen LogP contribution in [0.3, 0.4) is 0 Å². The minimum absolute atomic E-state index is 0.140. The van der Waals surface area contributed by atoms with Gasteiger partial charge in [-0.25, -0.2) is 13.8 Å². The quantitative estimate of drug-likeness (QED) is 0.309. The summed E-state index contributed by atoms with van der Waals surface area (Å²) < 4.78 is 41.8. The van der Waals surface area contributed by atoms with Crippen LogP contribution in [0, 0.1) is 23.5 Å². The zero-order chi connectivity index (χ0) is 27.7. The van der Waals surface area contributed by atoms with E-state index in [0.717, 1.165) is 6.07 Å². The molecule has 0 aliphatic carbocycles. The first kappa shape index (κ1) is 25.7. The summed E-state index contributed by atoms with van der Waals surface area (Å²) in [6, 6.07) is 6.35. The molecule has 1 atom stereocenters. The number of methoxy groups -OCH3 is 2. The monoisotopic (exact) mass is 530 g/mol. The van der Waals surface area contributed by atoms with Gasteiger partial charge in [0.2, 0.25) is 5.91 Å². The normalized spacial score (nSPS) is 14.7. The maximum Gasteiger partial charge on any atom is 0.246 e. The molecule has 1 aliphatic rings. The highest BCUT2D eigenvalue weighted by Crippen LogP contribution is 2.36. The molecule has 1 fully saturated rings. The molecule has 0 saturated carbocycles. The molecule has 4 aromatic rings. The summed E-state index contributed by atoms with van der Waals surface area (Å²) in [6.07, 6.45) is 5.14. The van der Waals surface area contributed by atoms with E-state index >= 15 is 0 Å². The number of nitrogens with two attached hydrogens (primary N) is 1. The summed E-state index contributed by atoms with van der Waals surface area (Å²) in [5, 5.41) is 5.13. The van der Waals surface area contributed by atoms with Crippen LogP contribution >= 0.6 is 0 Å². The number of carbonyl (C=O) groups is 1. The highest BCUT2D eigenvalue weighted by atomic mass is 19.1. The number of nitrogen functional groups attached to an aromatic ring is 1. The number of likely N-dealkylation sites (tertiary alicyclic amines) is 1. The van der Waals surface area contributed by atoms with Crippen molar-refractivity contribution in [3.8, 4) is 34.6 Å². The standard InChI is InChI=1S/C28H24F2N6O3/c1-4-23(37)35-12-10-16(15-35)36-27-18(19-7-5-6-11-32-19)14-33-28(31)24(27)20(34-36)9-8-17-25(29)21(38-2)13-22(39-3)26(17)30/h4-7,11,13-14,16H,1,10,12,15H2,2-3H3,(H2,31,33). The Kier molecular flexibility index (Phi) is 6.85. The van der Waals surface area contributed by atoms with Gasteiger partial charge in [0.15, 0.2) is 23.1 Å². The van der Waals surface area contributed by atoms with Crippen LogP contribution in [-0.2, 0) is 4.79 Å². The second-order valence-corrected chi connectivity index (χ2v) is 8.75. The molecule has 5 rings (SSSR count). The summed E-state index contributed by atoms with van der Waals surface area (Å²) in [7, 11) is 2.52. The second-order valence-electron chi connectivity index (χ2n) is 8.75. The van der Waals surface area contributed by atoms with Gasteiger partial charge < -0.3 is 20.1 Å². The van der Waals surface area contributed by atoms with Crippen LogP contribution in [0.25, 0.3) is 22.2 Å². The highest BCUT2D eigenvalue weighted by Gasteiger charge is 2.30. The van der Waals surface area contributed by atoms with Gasteiger partial charge in [-0.1, -0.05) is 18.6 Å². The third-order valence-electron chi connectivity index (χ3n) is 6.57. The molecular weight excluding hydrogens is 506 g/mol. The van der Waals surface area contributed by atoms with Crippen molar-refractivity contribution >= 4 is 22.6 Å². The Balaban J connectivity index is 1.73. The number of carbonyl (C=O) groups excluding carboxylic acids is 1. The lowest BCUT2D eigenvalue weighted by Gasteiger charge is -2.16. The smallest absolute Gasteiger partial charge is 0.246 e. The largest absolute Gasteiger partial charge is 0.493 e. The third kappa shape index (κ3) is 4.50. The fourth-order valence-electron chi connectivity index (χ4n) is 4.64. The zero-order valence-electron chi connectivity index (χ0n) is 21.2. The van der Waals surface area contributed by atoms with E-state index in [2.05, 4.69) is 28.4 Å². The van der Waals surface area contributed by atoms with E-state index < -0.39 is 17.2 Å². The molecule has 3 aromatic heterocycles. The van der Waals surface area contributed by atoms with Crippen molar-refractivity contribution in [1.82, 2.24) is 24.6 Å². The topological polar surface area (TPSA) is 108 Å². The lowest BCUT2D eigenvalue weighted by Crippen LogP contribution is -2.27. The van der Waals surface area contributed by atoms with Gasteiger partial charge >= 0.3 is 0 Å². The first-order valence-corrected chi connectivity index (χ1v) is 12.0. The number of aromatic nitrogens is 4. The molecule has 2 N–H and O–H groups in total. The number of nitrogens with zero attached hydrogens (tertiary/aromatic N) is 5. The highest BCUT2D eigenvalue weighted by molar-refractivity contribution is 6.01. The molecule has 0 spiro atoms. The summed E-state index contributed by atoms with van der Waals surface area (Å²) in [6.45, 7) is 4.47. The van der Waals surface area contributed by atoms with E-state index in [4.69, 9.17) is 20.3 Å². The Morgan fingerprint density at radius 2 is 1.92 bits per heavy atom. The lowest BCUT2D eigenvalue weighted by atomic mass is 10.1. The van der Waals surface area contributed by atoms with E-state index in [0.29, 0.717) is 41.7 Å². The molecule has 1 aromatic carbocycles. The summed E-state index contributed by atoms with van der Waals surface area (Å²) in [4.78, 5) is 22.7. The fraction of sp³-hybridized carbons (Fsp3) is 0.214. The van der Waals surface area contributed by atoms with Crippen LogP contribution in [0.2, 0.25) is 0 Å². The van der Waals surface area contributed by atoms with Crippen LogP contribution in [0.15, 0.2) is 49.3 Å². The van der Waals surface area contributed by atoms with Crippen LogP contribution in [-0.4, -0.2) is 57.9 Å². The Labute approximate surface area is 222 Å². The Morgan fingerprint density at radius 1 is 1.18 bits per heavy atom. The number of hydrogen-bond donors (Lipinski definition) is 1. The Hall–Kier alpha value is -4.98. The summed E-state index contributed by atoms with van der Waals surface area (Å²) >= 11 is 0. The van der Waals surface area contributed by atoms with Gasteiger partial charge in [-0.3, -0.25) is 14.5 Å². The van der Waals surface area contributed by atoms with Crippen molar-refractivity contribution in [2.24, 2.45) is 0 Å². The van der Waals surface area contributed by atoms with Crippen LogP contribution < -0.4 is 15.2 Å².